The van der Waals surface area contributed by atoms with Gasteiger partial charge in [-0.05, 0) is 50.2 Å². The number of benzene rings is 2. The highest BCUT2D eigenvalue weighted by Gasteiger charge is 2.09. The highest BCUT2D eigenvalue weighted by atomic mass is 16.5. The van der Waals surface area contributed by atoms with Crippen LogP contribution in [-0.2, 0) is 9.47 Å². The summed E-state index contributed by atoms with van der Waals surface area (Å²) in [5.74, 6) is -1.66. The maximum Gasteiger partial charge on any atom is 0.338 e. The minimum atomic E-state index is -0.879. The second-order valence-corrected chi connectivity index (χ2v) is 4.69. The molecule has 0 amide bonds. The van der Waals surface area contributed by atoms with Gasteiger partial charge in [-0.2, -0.15) is 0 Å². The Morgan fingerprint density at radius 3 is 1.40 bits per heavy atom. The Morgan fingerprint density at radius 2 is 1.12 bits per heavy atom. The Labute approximate surface area is 146 Å². The van der Waals surface area contributed by atoms with E-state index < -0.39 is 17.9 Å². The van der Waals surface area contributed by atoms with E-state index in [-0.39, 0.29) is 0 Å². The van der Waals surface area contributed by atoms with Crippen LogP contribution >= 0.6 is 0 Å². The van der Waals surface area contributed by atoms with Crippen molar-refractivity contribution in [3.05, 3.63) is 71.3 Å². The van der Waals surface area contributed by atoms with Crippen molar-refractivity contribution in [3.8, 4) is 0 Å². The molecule has 0 bridgehead atoms. The van der Waals surface area contributed by atoms with Gasteiger partial charge >= 0.3 is 17.9 Å². The Kier molecular flexibility index (Phi) is 8.43. The normalized spacial score (nSPS) is 9.36. The summed E-state index contributed by atoms with van der Waals surface area (Å²) in [7, 11) is 0. The van der Waals surface area contributed by atoms with Crippen molar-refractivity contribution < 1.29 is 29.0 Å². The average Bonchev–Trinajstić information content (AvgIpc) is 2.63. The largest absolute Gasteiger partial charge is 0.478 e. The van der Waals surface area contributed by atoms with Crippen molar-refractivity contribution >= 4 is 17.9 Å². The lowest BCUT2D eigenvalue weighted by Gasteiger charge is -2.03. The molecule has 0 aromatic heterocycles. The number of esters is 2. The summed E-state index contributed by atoms with van der Waals surface area (Å²) in [6.07, 6.45) is 0. The molecule has 0 radical (unpaired) electrons. The van der Waals surface area contributed by atoms with Crippen molar-refractivity contribution in [1.29, 1.82) is 0 Å². The molecule has 0 aliphatic rings. The number of aromatic carboxylic acids is 1. The van der Waals surface area contributed by atoms with Gasteiger partial charge in [-0.1, -0.05) is 18.2 Å². The third-order valence-corrected chi connectivity index (χ3v) is 2.93. The van der Waals surface area contributed by atoms with E-state index in [2.05, 4.69) is 0 Å². The molecule has 2 rings (SSSR count). The molecule has 0 aliphatic carbocycles. The molecule has 6 heteroatoms. The fourth-order valence-corrected chi connectivity index (χ4v) is 1.75. The van der Waals surface area contributed by atoms with Crippen LogP contribution < -0.4 is 0 Å². The highest BCUT2D eigenvalue weighted by Crippen LogP contribution is 2.07. The van der Waals surface area contributed by atoms with Crippen molar-refractivity contribution in [1.82, 2.24) is 0 Å². The molecule has 6 nitrogen and oxygen atoms in total. The SMILES string of the molecule is CCOC(=O)c1ccc(C(=O)OCC)cc1.O=C(O)c1ccccc1. The van der Waals surface area contributed by atoms with Crippen molar-refractivity contribution in [2.45, 2.75) is 13.8 Å². The van der Waals surface area contributed by atoms with Gasteiger partial charge in [-0.15, -0.1) is 0 Å². The van der Waals surface area contributed by atoms with Gasteiger partial charge < -0.3 is 14.6 Å². The van der Waals surface area contributed by atoms with Gasteiger partial charge in [0, 0.05) is 0 Å². The summed E-state index contributed by atoms with van der Waals surface area (Å²) >= 11 is 0. The summed E-state index contributed by atoms with van der Waals surface area (Å²) in [5, 5.41) is 8.38. The maximum absolute atomic E-state index is 11.3. The highest BCUT2D eigenvalue weighted by molar-refractivity contribution is 5.93. The zero-order valence-corrected chi connectivity index (χ0v) is 14.1. The van der Waals surface area contributed by atoms with Crippen LogP contribution in [0.15, 0.2) is 54.6 Å². The first-order valence-electron chi connectivity index (χ1n) is 7.72. The van der Waals surface area contributed by atoms with Gasteiger partial charge in [0.05, 0.1) is 29.9 Å². The molecule has 0 unspecified atom stereocenters. The molecule has 0 fully saturated rings. The van der Waals surface area contributed by atoms with E-state index in [9.17, 15) is 14.4 Å². The van der Waals surface area contributed by atoms with E-state index in [1.54, 1.807) is 68.4 Å². The van der Waals surface area contributed by atoms with Crippen LogP contribution in [0.1, 0.15) is 44.9 Å². The van der Waals surface area contributed by atoms with E-state index >= 15 is 0 Å². The van der Waals surface area contributed by atoms with Gasteiger partial charge in [0.25, 0.3) is 0 Å². The predicted octanol–water partition coefficient (Wildman–Crippen LogP) is 3.42. The first kappa shape index (κ1) is 19.9. The molecule has 2 aromatic rings. The van der Waals surface area contributed by atoms with Crippen molar-refractivity contribution in [3.63, 3.8) is 0 Å². The van der Waals surface area contributed by atoms with Crippen LogP contribution in [0.2, 0.25) is 0 Å². The number of ether oxygens (including phenoxy) is 2. The zero-order chi connectivity index (χ0) is 18.7. The number of carboxylic acid groups (broad SMARTS) is 1. The number of carbonyl (C=O) groups is 3. The van der Waals surface area contributed by atoms with E-state index in [0.29, 0.717) is 29.9 Å². The van der Waals surface area contributed by atoms with Crippen LogP contribution in [0.25, 0.3) is 0 Å². The quantitative estimate of drug-likeness (QED) is 0.836. The van der Waals surface area contributed by atoms with Gasteiger partial charge in [0.2, 0.25) is 0 Å². The molecule has 0 saturated carbocycles. The minimum Gasteiger partial charge on any atom is -0.478 e. The second-order valence-electron chi connectivity index (χ2n) is 4.69. The number of hydrogen-bond donors (Lipinski definition) is 1. The van der Waals surface area contributed by atoms with Crippen LogP contribution in [0.4, 0.5) is 0 Å². The fourth-order valence-electron chi connectivity index (χ4n) is 1.75. The fraction of sp³-hybridized carbons (Fsp3) is 0.211. The minimum absolute atomic E-state index is 0.331. The number of hydrogen-bond acceptors (Lipinski definition) is 5. The van der Waals surface area contributed by atoms with E-state index in [1.807, 2.05) is 0 Å². The van der Waals surface area contributed by atoms with Crippen LogP contribution in [-0.4, -0.2) is 36.2 Å². The van der Waals surface area contributed by atoms with Crippen LogP contribution in [0.3, 0.4) is 0 Å². The molecular formula is C19H20O6. The standard InChI is InChI=1S/C12H14O4.C7H6O2/c1-3-15-11(13)9-5-7-10(8-6-9)12(14)16-4-2;8-7(9)6-4-2-1-3-5-6/h5-8H,3-4H2,1-2H3;1-5H,(H,8,9). The molecule has 2 aromatic carbocycles. The molecule has 0 atom stereocenters. The predicted molar refractivity (Wildman–Crippen MR) is 91.8 cm³/mol. The van der Waals surface area contributed by atoms with Gasteiger partial charge in [-0.3, -0.25) is 0 Å². The lowest BCUT2D eigenvalue weighted by atomic mass is 10.1. The van der Waals surface area contributed by atoms with Gasteiger partial charge in [0.1, 0.15) is 0 Å². The number of carbonyl (C=O) groups excluding carboxylic acids is 2. The Balaban J connectivity index is 0.000000293. The van der Waals surface area contributed by atoms with E-state index in [0.717, 1.165) is 0 Å². The summed E-state index contributed by atoms with van der Waals surface area (Å²) < 4.78 is 9.64. The lowest BCUT2D eigenvalue weighted by Crippen LogP contribution is -2.07. The summed E-state index contributed by atoms with van der Waals surface area (Å²) in [6, 6.07) is 14.5. The molecular weight excluding hydrogens is 324 g/mol. The third kappa shape index (κ3) is 6.87. The smallest absolute Gasteiger partial charge is 0.338 e. The van der Waals surface area contributed by atoms with Crippen molar-refractivity contribution in [2.24, 2.45) is 0 Å². The second kappa shape index (κ2) is 10.6. The Hall–Kier alpha value is -3.15. The summed E-state index contributed by atoms with van der Waals surface area (Å²) in [5.41, 5.74) is 1.18. The molecule has 132 valence electrons. The van der Waals surface area contributed by atoms with Crippen molar-refractivity contribution in [2.75, 3.05) is 13.2 Å². The third-order valence-electron chi connectivity index (χ3n) is 2.93. The van der Waals surface area contributed by atoms with Crippen LogP contribution in [0.5, 0.6) is 0 Å². The van der Waals surface area contributed by atoms with E-state index in [4.69, 9.17) is 14.6 Å². The molecule has 1 N–H and O–H groups in total. The topological polar surface area (TPSA) is 89.9 Å². The number of rotatable bonds is 5. The Morgan fingerprint density at radius 1 is 0.720 bits per heavy atom. The first-order valence-corrected chi connectivity index (χ1v) is 7.72. The zero-order valence-electron chi connectivity index (χ0n) is 14.1. The monoisotopic (exact) mass is 344 g/mol. The van der Waals surface area contributed by atoms with E-state index in [1.165, 1.54) is 0 Å². The number of carboxylic acids is 1. The molecule has 0 heterocycles. The Bertz CT molecular complexity index is 655. The summed E-state index contributed by atoms with van der Waals surface area (Å²) in [4.78, 5) is 32.8. The maximum atomic E-state index is 11.3. The van der Waals surface area contributed by atoms with Crippen LogP contribution in [0, 0.1) is 0 Å². The lowest BCUT2D eigenvalue weighted by molar-refractivity contribution is 0.0511. The van der Waals surface area contributed by atoms with Gasteiger partial charge in [-0.25, -0.2) is 14.4 Å². The molecule has 0 aliphatic heterocycles. The molecule has 25 heavy (non-hydrogen) atoms. The molecule has 0 saturated heterocycles. The first-order chi connectivity index (χ1) is 12.0. The molecule has 0 spiro atoms. The summed E-state index contributed by atoms with van der Waals surface area (Å²) in [6.45, 7) is 4.15. The average molecular weight is 344 g/mol. The van der Waals surface area contributed by atoms with Gasteiger partial charge in [0.15, 0.2) is 0 Å².